The molecule has 0 atom stereocenters. The van der Waals surface area contributed by atoms with Crippen LogP contribution in [0.5, 0.6) is 11.6 Å². The van der Waals surface area contributed by atoms with Crippen molar-refractivity contribution in [3.63, 3.8) is 0 Å². The van der Waals surface area contributed by atoms with E-state index >= 15 is 0 Å². The van der Waals surface area contributed by atoms with Gasteiger partial charge in [-0.05, 0) is 42.7 Å². The molecule has 0 bridgehead atoms. The number of rotatable bonds is 3. The number of hydrogen-bond donors (Lipinski definition) is 1. The zero-order valence-corrected chi connectivity index (χ0v) is 13.3. The van der Waals surface area contributed by atoms with Crippen LogP contribution in [-0.2, 0) is 0 Å². The summed E-state index contributed by atoms with van der Waals surface area (Å²) in [5, 5.41) is 10.1. The number of thiazole rings is 1. The second-order valence-electron chi connectivity index (χ2n) is 4.93. The van der Waals surface area contributed by atoms with Gasteiger partial charge in [-0.25, -0.2) is 19.7 Å². The SMILES string of the molecule is Cc1cc(-c2cnc(C(=O)Oc3ccncn3)s2)cc(C)c1O. The molecule has 0 spiro atoms. The monoisotopic (exact) mass is 327 g/mol. The van der Waals surface area contributed by atoms with E-state index in [1.54, 1.807) is 6.20 Å². The van der Waals surface area contributed by atoms with E-state index in [4.69, 9.17) is 4.74 Å². The molecule has 23 heavy (non-hydrogen) atoms. The lowest BCUT2D eigenvalue weighted by atomic mass is 10.1. The molecule has 0 aliphatic heterocycles. The molecular weight excluding hydrogens is 314 g/mol. The molecule has 0 amide bonds. The van der Waals surface area contributed by atoms with Crippen molar-refractivity contribution in [3.8, 4) is 22.1 Å². The first-order chi connectivity index (χ1) is 11.0. The van der Waals surface area contributed by atoms with Crippen molar-refractivity contribution < 1.29 is 14.6 Å². The van der Waals surface area contributed by atoms with Crippen LogP contribution >= 0.6 is 11.3 Å². The standard InChI is InChI=1S/C16H13N3O3S/c1-9-5-11(6-10(2)14(9)20)12-7-18-15(23-12)16(21)22-13-3-4-17-8-19-13/h3-8,20H,1-2H3. The highest BCUT2D eigenvalue weighted by Gasteiger charge is 2.16. The van der Waals surface area contributed by atoms with Crippen LogP contribution in [-0.4, -0.2) is 26.0 Å². The Morgan fingerprint density at radius 1 is 1.22 bits per heavy atom. The Balaban J connectivity index is 1.84. The number of phenolic OH excluding ortho intramolecular Hbond substituents is 1. The predicted molar refractivity (Wildman–Crippen MR) is 85.7 cm³/mol. The molecule has 0 aliphatic rings. The van der Waals surface area contributed by atoms with E-state index in [0.29, 0.717) is 0 Å². The van der Waals surface area contributed by atoms with Gasteiger partial charge in [0.15, 0.2) is 0 Å². The summed E-state index contributed by atoms with van der Waals surface area (Å²) in [4.78, 5) is 24.6. The minimum atomic E-state index is -0.563. The smallest absolute Gasteiger partial charge is 0.374 e. The second-order valence-corrected chi connectivity index (χ2v) is 5.96. The molecule has 2 heterocycles. The number of nitrogens with zero attached hydrogens (tertiary/aromatic N) is 3. The maximum atomic E-state index is 12.1. The molecule has 2 aromatic heterocycles. The van der Waals surface area contributed by atoms with Gasteiger partial charge in [-0.2, -0.15) is 0 Å². The molecule has 1 N–H and O–H groups in total. The average Bonchev–Trinajstić information content (AvgIpc) is 3.03. The van der Waals surface area contributed by atoms with Gasteiger partial charge in [0.1, 0.15) is 12.1 Å². The van der Waals surface area contributed by atoms with Crippen LogP contribution in [0.25, 0.3) is 10.4 Å². The Hall–Kier alpha value is -2.80. The summed E-state index contributed by atoms with van der Waals surface area (Å²) >= 11 is 1.23. The van der Waals surface area contributed by atoms with Crippen LogP contribution in [0.3, 0.4) is 0 Å². The molecule has 0 saturated heterocycles. The summed E-state index contributed by atoms with van der Waals surface area (Å²) in [7, 11) is 0. The van der Waals surface area contributed by atoms with Gasteiger partial charge < -0.3 is 9.84 Å². The lowest BCUT2D eigenvalue weighted by molar-refractivity contribution is 0.0727. The lowest BCUT2D eigenvalue weighted by Gasteiger charge is -2.05. The summed E-state index contributed by atoms with van der Waals surface area (Å²) in [5.74, 6) is -0.105. The van der Waals surface area contributed by atoms with Crippen molar-refractivity contribution in [2.24, 2.45) is 0 Å². The summed E-state index contributed by atoms with van der Waals surface area (Å²) in [6, 6.07) is 5.21. The maximum absolute atomic E-state index is 12.1. The van der Waals surface area contributed by atoms with Gasteiger partial charge in [0.25, 0.3) is 0 Å². The van der Waals surface area contributed by atoms with E-state index < -0.39 is 5.97 Å². The number of carbonyl (C=O) groups is 1. The highest BCUT2D eigenvalue weighted by Crippen LogP contribution is 2.32. The van der Waals surface area contributed by atoms with Crippen LogP contribution in [0, 0.1) is 13.8 Å². The lowest BCUT2D eigenvalue weighted by Crippen LogP contribution is -2.08. The quantitative estimate of drug-likeness (QED) is 0.744. The number of benzene rings is 1. The van der Waals surface area contributed by atoms with E-state index in [-0.39, 0.29) is 16.6 Å². The van der Waals surface area contributed by atoms with Crippen molar-refractivity contribution in [1.82, 2.24) is 15.0 Å². The van der Waals surface area contributed by atoms with Crippen molar-refractivity contribution in [2.45, 2.75) is 13.8 Å². The zero-order chi connectivity index (χ0) is 16.4. The fourth-order valence-corrected chi connectivity index (χ4v) is 2.86. The molecule has 1 aromatic carbocycles. The molecular formula is C16H13N3O3S. The Bertz CT molecular complexity index is 839. The van der Waals surface area contributed by atoms with Crippen molar-refractivity contribution >= 4 is 17.3 Å². The topological polar surface area (TPSA) is 85.2 Å². The van der Waals surface area contributed by atoms with E-state index in [0.717, 1.165) is 21.6 Å². The summed E-state index contributed by atoms with van der Waals surface area (Å²) in [5.41, 5.74) is 2.45. The number of aryl methyl sites for hydroxylation is 2. The first-order valence-electron chi connectivity index (χ1n) is 6.79. The third kappa shape index (κ3) is 3.19. The molecule has 0 radical (unpaired) electrons. The molecule has 0 aliphatic carbocycles. The molecule has 0 saturated carbocycles. The third-order valence-electron chi connectivity index (χ3n) is 3.21. The summed E-state index contributed by atoms with van der Waals surface area (Å²) < 4.78 is 5.13. The normalized spacial score (nSPS) is 10.5. The van der Waals surface area contributed by atoms with Crippen molar-refractivity contribution in [1.29, 1.82) is 0 Å². The van der Waals surface area contributed by atoms with Crippen molar-refractivity contribution in [2.75, 3.05) is 0 Å². The average molecular weight is 327 g/mol. The fourth-order valence-electron chi connectivity index (χ4n) is 2.08. The van der Waals surface area contributed by atoms with E-state index in [9.17, 15) is 9.90 Å². The minimum Gasteiger partial charge on any atom is -0.507 e. The van der Waals surface area contributed by atoms with Gasteiger partial charge >= 0.3 is 5.97 Å². The number of esters is 1. The highest BCUT2D eigenvalue weighted by atomic mass is 32.1. The molecule has 7 heteroatoms. The Kier molecular flexibility index (Phi) is 4.03. The number of aromatic hydroxyl groups is 1. The summed E-state index contributed by atoms with van der Waals surface area (Å²) in [6.45, 7) is 3.66. The molecule has 116 valence electrons. The number of hydrogen-bond acceptors (Lipinski definition) is 7. The Morgan fingerprint density at radius 3 is 2.61 bits per heavy atom. The molecule has 6 nitrogen and oxygen atoms in total. The van der Waals surface area contributed by atoms with Crippen LogP contribution in [0.15, 0.2) is 36.9 Å². The number of aromatic nitrogens is 3. The van der Waals surface area contributed by atoms with Gasteiger partial charge in [0.05, 0.1) is 4.88 Å². The molecule has 0 fully saturated rings. The van der Waals surface area contributed by atoms with Crippen LogP contribution in [0.4, 0.5) is 0 Å². The number of ether oxygens (including phenoxy) is 1. The van der Waals surface area contributed by atoms with Gasteiger partial charge in [-0.3, -0.25) is 0 Å². The zero-order valence-electron chi connectivity index (χ0n) is 12.5. The van der Waals surface area contributed by atoms with Gasteiger partial charge in [0.2, 0.25) is 10.9 Å². The maximum Gasteiger partial charge on any atom is 0.374 e. The van der Waals surface area contributed by atoms with E-state index in [1.165, 1.54) is 29.9 Å². The largest absolute Gasteiger partial charge is 0.507 e. The van der Waals surface area contributed by atoms with Gasteiger partial charge in [-0.1, -0.05) is 0 Å². The van der Waals surface area contributed by atoms with Gasteiger partial charge in [0, 0.05) is 18.5 Å². The fraction of sp³-hybridized carbons (Fsp3) is 0.125. The second kappa shape index (κ2) is 6.13. The van der Waals surface area contributed by atoms with E-state index in [2.05, 4.69) is 15.0 Å². The Labute approximate surface area is 136 Å². The predicted octanol–water partition coefficient (Wildman–Crippen LogP) is 3.14. The molecule has 0 unspecified atom stereocenters. The van der Waals surface area contributed by atoms with Crippen LogP contribution in [0.1, 0.15) is 20.9 Å². The number of phenols is 1. The van der Waals surface area contributed by atoms with Crippen molar-refractivity contribution in [3.05, 3.63) is 53.1 Å². The van der Waals surface area contributed by atoms with Crippen LogP contribution in [0.2, 0.25) is 0 Å². The van der Waals surface area contributed by atoms with Gasteiger partial charge in [-0.15, -0.1) is 11.3 Å². The molecule has 3 rings (SSSR count). The minimum absolute atomic E-state index is 0.179. The summed E-state index contributed by atoms with van der Waals surface area (Å²) in [6.07, 6.45) is 4.41. The first kappa shape index (κ1) is 15.1. The molecule has 3 aromatic rings. The number of carbonyl (C=O) groups excluding carboxylic acids is 1. The van der Waals surface area contributed by atoms with Crippen LogP contribution < -0.4 is 4.74 Å². The Morgan fingerprint density at radius 2 is 1.96 bits per heavy atom. The third-order valence-corrected chi connectivity index (χ3v) is 4.23. The highest BCUT2D eigenvalue weighted by molar-refractivity contribution is 7.16. The first-order valence-corrected chi connectivity index (χ1v) is 7.61. The van der Waals surface area contributed by atoms with E-state index in [1.807, 2.05) is 26.0 Å².